The molecular formula is C19H30N4O. The number of carbonyl (C=O) groups is 1. The van der Waals surface area contributed by atoms with Crippen molar-refractivity contribution >= 4 is 11.7 Å². The van der Waals surface area contributed by atoms with Crippen LogP contribution in [0.5, 0.6) is 0 Å². The molecule has 3 heterocycles. The van der Waals surface area contributed by atoms with Crippen molar-refractivity contribution in [2.24, 2.45) is 5.92 Å². The van der Waals surface area contributed by atoms with Crippen molar-refractivity contribution in [2.45, 2.75) is 38.6 Å². The van der Waals surface area contributed by atoms with Crippen molar-refractivity contribution in [3.05, 3.63) is 23.9 Å². The van der Waals surface area contributed by atoms with E-state index in [1.54, 1.807) is 0 Å². The summed E-state index contributed by atoms with van der Waals surface area (Å²) in [4.78, 5) is 23.7. The molecule has 0 aromatic carbocycles. The van der Waals surface area contributed by atoms with E-state index in [0.717, 1.165) is 51.4 Å². The van der Waals surface area contributed by atoms with E-state index in [1.807, 2.05) is 25.2 Å². The van der Waals surface area contributed by atoms with Crippen molar-refractivity contribution in [2.75, 3.05) is 45.2 Å². The highest BCUT2D eigenvalue weighted by Crippen LogP contribution is 2.23. The van der Waals surface area contributed by atoms with Crippen LogP contribution in [0.4, 0.5) is 5.82 Å². The van der Waals surface area contributed by atoms with Crippen LogP contribution in [0, 0.1) is 5.92 Å². The van der Waals surface area contributed by atoms with Crippen LogP contribution in [0.3, 0.4) is 0 Å². The fourth-order valence-electron chi connectivity index (χ4n) is 3.74. The molecule has 1 aromatic heterocycles. The highest BCUT2D eigenvalue weighted by atomic mass is 16.2. The summed E-state index contributed by atoms with van der Waals surface area (Å²) in [5.74, 6) is 1.64. The van der Waals surface area contributed by atoms with E-state index in [2.05, 4.69) is 26.9 Å². The molecule has 0 atom stereocenters. The number of rotatable bonds is 4. The largest absolute Gasteiger partial charge is 0.363 e. The number of hydrogen-bond acceptors (Lipinski definition) is 4. The Bertz CT molecular complexity index is 529. The highest BCUT2D eigenvalue weighted by Gasteiger charge is 2.29. The molecule has 1 amide bonds. The van der Waals surface area contributed by atoms with E-state index in [-0.39, 0.29) is 5.92 Å². The number of piperidine rings is 2. The van der Waals surface area contributed by atoms with Gasteiger partial charge in [-0.2, -0.15) is 0 Å². The molecule has 3 rings (SSSR count). The fourth-order valence-corrected chi connectivity index (χ4v) is 3.74. The molecule has 5 nitrogen and oxygen atoms in total. The van der Waals surface area contributed by atoms with E-state index in [4.69, 9.17) is 0 Å². The van der Waals surface area contributed by atoms with Crippen LogP contribution < -0.4 is 4.90 Å². The Morgan fingerprint density at radius 1 is 1.12 bits per heavy atom. The number of pyridine rings is 1. The van der Waals surface area contributed by atoms with Crippen molar-refractivity contribution in [3.8, 4) is 0 Å². The van der Waals surface area contributed by atoms with Gasteiger partial charge in [-0.15, -0.1) is 0 Å². The third-order valence-corrected chi connectivity index (χ3v) is 5.28. The molecule has 0 N–H and O–H groups in total. The zero-order chi connectivity index (χ0) is 16.9. The lowest BCUT2D eigenvalue weighted by atomic mass is 9.94. The first-order valence-corrected chi connectivity index (χ1v) is 9.27. The standard InChI is InChI=1S/C19H30N4O/c1-21(2)18-7-6-16(14-20-18)15-22-12-8-17(9-13-22)19(24)23-10-4-3-5-11-23/h6-7,14,17H,3-5,8-13,15H2,1-2H3. The Balaban J connectivity index is 1.47. The van der Waals surface area contributed by atoms with Crippen LogP contribution in [-0.4, -0.2) is 61.0 Å². The van der Waals surface area contributed by atoms with Gasteiger partial charge in [-0.05, 0) is 56.8 Å². The Labute approximate surface area is 145 Å². The minimum absolute atomic E-state index is 0.244. The molecule has 24 heavy (non-hydrogen) atoms. The van der Waals surface area contributed by atoms with Gasteiger partial charge in [0.05, 0.1) is 0 Å². The third kappa shape index (κ3) is 4.26. The molecular weight excluding hydrogens is 300 g/mol. The maximum absolute atomic E-state index is 12.6. The van der Waals surface area contributed by atoms with Gasteiger partial charge in [0.1, 0.15) is 5.82 Å². The number of nitrogens with zero attached hydrogens (tertiary/aromatic N) is 4. The topological polar surface area (TPSA) is 39.7 Å². The van der Waals surface area contributed by atoms with Gasteiger partial charge < -0.3 is 9.80 Å². The molecule has 0 unspecified atom stereocenters. The quantitative estimate of drug-likeness (QED) is 0.850. The summed E-state index contributed by atoms with van der Waals surface area (Å²) in [5, 5.41) is 0. The molecule has 2 aliphatic heterocycles. The zero-order valence-electron chi connectivity index (χ0n) is 15.1. The Morgan fingerprint density at radius 2 is 1.83 bits per heavy atom. The van der Waals surface area contributed by atoms with Gasteiger partial charge in [-0.3, -0.25) is 9.69 Å². The second-order valence-corrected chi connectivity index (χ2v) is 7.36. The summed E-state index contributed by atoms with van der Waals surface area (Å²) >= 11 is 0. The van der Waals surface area contributed by atoms with E-state index in [0.29, 0.717) is 5.91 Å². The molecule has 0 radical (unpaired) electrons. The number of amides is 1. The van der Waals surface area contributed by atoms with Crippen LogP contribution in [-0.2, 0) is 11.3 Å². The number of hydrogen-bond donors (Lipinski definition) is 0. The molecule has 5 heteroatoms. The highest BCUT2D eigenvalue weighted by molar-refractivity contribution is 5.79. The molecule has 1 aromatic rings. The normalized spacial score (nSPS) is 20.2. The molecule has 0 aliphatic carbocycles. The molecule has 2 aliphatic rings. The monoisotopic (exact) mass is 330 g/mol. The van der Waals surface area contributed by atoms with Gasteiger partial charge in [0.2, 0.25) is 5.91 Å². The summed E-state index contributed by atoms with van der Waals surface area (Å²) < 4.78 is 0. The van der Waals surface area contributed by atoms with Crippen molar-refractivity contribution < 1.29 is 4.79 Å². The van der Waals surface area contributed by atoms with E-state index >= 15 is 0 Å². The Kier molecular flexibility index (Phi) is 5.72. The Hall–Kier alpha value is -1.62. The second-order valence-electron chi connectivity index (χ2n) is 7.36. The summed E-state index contributed by atoms with van der Waals surface area (Å²) in [6, 6.07) is 4.23. The summed E-state index contributed by atoms with van der Waals surface area (Å²) in [7, 11) is 4.01. The lowest BCUT2D eigenvalue weighted by Gasteiger charge is -2.35. The number of carbonyl (C=O) groups excluding carboxylic acids is 1. The van der Waals surface area contributed by atoms with Gasteiger partial charge in [0.15, 0.2) is 0 Å². The Morgan fingerprint density at radius 3 is 2.42 bits per heavy atom. The number of aromatic nitrogens is 1. The van der Waals surface area contributed by atoms with Gasteiger partial charge in [-0.25, -0.2) is 4.98 Å². The SMILES string of the molecule is CN(C)c1ccc(CN2CCC(C(=O)N3CCCCC3)CC2)cn1. The van der Waals surface area contributed by atoms with Crippen molar-refractivity contribution in [1.29, 1.82) is 0 Å². The summed E-state index contributed by atoms with van der Waals surface area (Å²) in [5.41, 5.74) is 1.25. The molecule has 2 saturated heterocycles. The first-order chi connectivity index (χ1) is 11.6. The van der Waals surface area contributed by atoms with Crippen LogP contribution in [0.2, 0.25) is 0 Å². The first-order valence-electron chi connectivity index (χ1n) is 9.27. The van der Waals surface area contributed by atoms with Crippen LogP contribution in [0.15, 0.2) is 18.3 Å². The second kappa shape index (κ2) is 7.97. The van der Waals surface area contributed by atoms with Crippen LogP contribution in [0.25, 0.3) is 0 Å². The smallest absolute Gasteiger partial charge is 0.225 e. The lowest BCUT2D eigenvalue weighted by molar-refractivity contribution is -0.138. The van der Waals surface area contributed by atoms with Crippen LogP contribution in [0.1, 0.15) is 37.7 Å². The predicted octanol–water partition coefficient (Wildman–Crippen LogP) is 2.37. The van der Waals surface area contributed by atoms with E-state index in [9.17, 15) is 4.79 Å². The average Bonchev–Trinajstić information content (AvgIpc) is 2.63. The van der Waals surface area contributed by atoms with Gasteiger partial charge >= 0.3 is 0 Å². The fraction of sp³-hybridized carbons (Fsp3) is 0.684. The third-order valence-electron chi connectivity index (χ3n) is 5.28. The zero-order valence-corrected chi connectivity index (χ0v) is 15.1. The van der Waals surface area contributed by atoms with E-state index < -0.39 is 0 Å². The van der Waals surface area contributed by atoms with Gasteiger partial charge in [0.25, 0.3) is 0 Å². The van der Waals surface area contributed by atoms with Crippen LogP contribution >= 0.6 is 0 Å². The number of likely N-dealkylation sites (tertiary alicyclic amines) is 2. The van der Waals surface area contributed by atoms with Crippen molar-refractivity contribution in [3.63, 3.8) is 0 Å². The molecule has 2 fully saturated rings. The minimum atomic E-state index is 0.244. The van der Waals surface area contributed by atoms with Gasteiger partial charge in [0, 0.05) is 45.8 Å². The average molecular weight is 330 g/mol. The predicted molar refractivity (Wildman–Crippen MR) is 97.0 cm³/mol. The molecule has 0 saturated carbocycles. The maximum atomic E-state index is 12.6. The maximum Gasteiger partial charge on any atom is 0.225 e. The van der Waals surface area contributed by atoms with Crippen molar-refractivity contribution in [1.82, 2.24) is 14.8 Å². The van der Waals surface area contributed by atoms with E-state index in [1.165, 1.54) is 24.8 Å². The lowest BCUT2D eigenvalue weighted by Crippen LogP contribution is -2.44. The molecule has 0 bridgehead atoms. The summed E-state index contributed by atoms with van der Waals surface area (Å²) in [6.45, 7) is 4.91. The summed E-state index contributed by atoms with van der Waals surface area (Å²) in [6.07, 6.45) is 7.61. The number of anilines is 1. The molecule has 0 spiro atoms. The minimum Gasteiger partial charge on any atom is -0.363 e. The first kappa shape index (κ1) is 17.2. The molecule has 132 valence electrons. The van der Waals surface area contributed by atoms with Gasteiger partial charge in [-0.1, -0.05) is 6.07 Å².